The topological polar surface area (TPSA) is 76.3 Å². The summed E-state index contributed by atoms with van der Waals surface area (Å²) in [5.74, 6) is -1.45. The number of benzene rings is 2. The second-order valence-corrected chi connectivity index (χ2v) is 7.04. The lowest BCUT2D eigenvalue weighted by Gasteiger charge is -2.35. The van der Waals surface area contributed by atoms with Crippen LogP contribution in [0.15, 0.2) is 73.1 Å². The maximum atomic E-state index is 14.8. The van der Waals surface area contributed by atoms with Crippen molar-refractivity contribution in [1.29, 1.82) is 0 Å². The van der Waals surface area contributed by atoms with Crippen molar-refractivity contribution in [3.05, 3.63) is 101 Å². The fourth-order valence-electron chi connectivity index (χ4n) is 4.06. The molecule has 1 aromatic heterocycles. The number of nitrogens with two attached hydrogens (primary N) is 1. The summed E-state index contributed by atoms with van der Waals surface area (Å²) in [5.41, 5.74) is 7.95. The zero-order valence-corrected chi connectivity index (χ0v) is 15.7. The fourth-order valence-corrected chi connectivity index (χ4v) is 4.06. The van der Waals surface area contributed by atoms with Crippen LogP contribution in [0.2, 0.25) is 0 Å². The third kappa shape index (κ3) is 3.49. The normalized spacial score (nSPS) is 16.1. The van der Waals surface area contributed by atoms with Gasteiger partial charge < -0.3 is 10.6 Å². The molecular weight excluding hydrogens is 369 g/mol. The van der Waals surface area contributed by atoms with E-state index in [1.807, 2.05) is 6.07 Å². The van der Waals surface area contributed by atoms with Gasteiger partial charge in [-0.25, -0.2) is 4.39 Å². The molecule has 2 atom stereocenters. The summed E-state index contributed by atoms with van der Waals surface area (Å²) in [6.45, 7) is 0. The molecule has 1 aliphatic rings. The van der Waals surface area contributed by atoms with Crippen molar-refractivity contribution in [3.8, 4) is 0 Å². The van der Waals surface area contributed by atoms with Crippen molar-refractivity contribution < 1.29 is 14.0 Å². The van der Waals surface area contributed by atoms with E-state index in [2.05, 4.69) is 4.98 Å². The maximum absolute atomic E-state index is 14.8. The number of aromatic nitrogens is 1. The molecule has 146 valence electrons. The van der Waals surface area contributed by atoms with Crippen molar-refractivity contribution in [3.63, 3.8) is 0 Å². The highest BCUT2D eigenvalue weighted by atomic mass is 19.1. The lowest BCUT2D eigenvalue weighted by molar-refractivity contribution is -0.123. The van der Waals surface area contributed by atoms with Crippen LogP contribution in [-0.2, 0) is 11.2 Å². The number of primary amides is 1. The minimum Gasteiger partial charge on any atom is -0.368 e. The molecule has 6 heteroatoms. The first-order valence-electron chi connectivity index (χ1n) is 9.42. The van der Waals surface area contributed by atoms with Crippen LogP contribution >= 0.6 is 0 Å². The van der Waals surface area contributed by atoms with Crippen molar-refractivity contribution in [1.82, 2.24) is 9.88 Å². The Labute approximate surface area is 168 Å². The van der Waals surface area contributed by atoms with Crippen molar-refractivity contribution >= 4 is 11.8 Å². The van der Waals surface area contributed by atoms with Gasteiger partial charge in [-0.05, 0) is 42.7 Å². The summed E-state index contributed by atoms with van der Waals surface area (Å²) >= 11 is 0. The number of nitrogens with zero attached hydrogens (tertiary/aromatic N) is 2. The highest BCUT2D eigenvalue weighted by Crippen LogP contribution is 2.42. The van der Waals surface area contributed by atoms with Gasteiger partial charge in [0.15, 0.2) is 0 Å². The van der Waals surface area contributed by atoms with Gasteiger partial charge in [0, 0.05) is 29.1 Å². The molecule has 1 unspecified atom stereocenters. The summed E-state index contributed by atoms with van der Waals surface area (Å²) in [5, 5.41) is 0. The Morgan fingerprint density at radius 3 is 2.55 bits per heavy atom. The van der Waals surface area contributed by atoms with Crippen molar-refractivity contribution in [2.75, 3.05) is 0 Å². The highest BCUT2D eigenvalue weighted by molar-refractivity contribution is 5.98. The molecule has 5 nitrogen and oxygen atoms in total. The Hall–Kier alpha value is -3.54. The summed E-state index contributed by atoms with van der Waals surface area (Å²) in [7, 11) is 0. The smallest absolute Gasteiger partial charge is 0.255 e. The molecule has 1 heterocycles. The molecule has 0 bridgehead atoms. The van der Waals surface area contributed by atoms with E-state index >= 15 is 0 Å². The van der Waals surface area contributed by atoms with Crippen LogP contribution in [0.4, 0.5) is 4.39 Å². The number of hydrogen-bond donors (Lipinski definition) is 1. The summed E-state index contributed by atoms with van der Waals surface area (Å²) in [4.78, 5) is 31.6. The standard InChI is InChI=1S/C23H20FN3O2/c24-18-10-4-8-15-11-12-19(20(15)18)27(23(29)16-6-2-1-3-7-16)21(22(25)28)17-9-5-13-26-14-17/h1-10,13-14,19,21H,11-12H2,(H2,25,28)/t19-,21?/m1/s1. The van der Waals surface area contributed by atoms with Crippen LogP contribution in [0.3, 0.4) is 0 Å². The van der Waals surface area contributed by atoms with Gasteiger partial charge >= 0.3 is 0 Å². The van der Waals surface area contributed by atoms with Crippen LogP contribution in [0.5, 0.6) is 0 Å². The first-order valence-corrected chi connectivity index (χ1v) is 9.42. The maximum Gasteiger partial charge on any atom is 0.255 e. The van der Waals surface area contributed by atoms with Crippen molar-refractivity contribution in [2.45, 2.75) is 24.9 Å². The SMILES string of the molecule is NC(=O)C(c1cccnc1)N(C(=O)c1ccccc1)[C@@H]1CCc2cccc(F)c21. The van der Waals surface area contributed by atoms with E-state index < -0.39 is 18.0 Å². The van der Waals surface area contributed by atoms with Gasteiger partial charge in [-0.15, -0.1) is 0 Å². The first kappa shape index (κ1) is 18.8. The molecule has 1 aliphatic carbocycles. The predicted molar refractivity (Wildman–Crippen MR) is 106 cm³/mol. The number of halogens is 1. The van der Waals surface area contributed by atoms with Crippen LogP contribution in [-0.4, -0.2) is 21.7 Å². The highest BCUT2D eigenvalue weighted by Gasteiger charge is 2.40. The number of fused-ring (bicyclic) bond motifs is 1. The average Bonchev–Trinajstić information content (AvgIpc) is 3.17. The number of carbonyl (C=O) groups excluding carboxylic acids is 2. The van der Waals surface area contributed by atoms with E-state index in [1.54, 1.807) is 54.7 Å². The van der Waals surface area contributed by atoms with Crippen LogP contribution in [0.25, 0.3) is 0 Å². The Morgan fingerprint density at radius 2 is 1.86 bits per heavy atom. The third-order valence-corrected chi connectivity index (χ3v) is 5.30. The Kier molecular flexibility index (Phi) is 5.08. The predicted octanol–water partition coefficient (Wildman–Crippen LogP) is 3.58. The van der Waals surface area contributed by atoms with Crippen molar-refractivity contribution in [2.24, 2.45) is 5.73 Å². The van der Waals surface area contributed by atoms with Gasteiger partial charge in [0.2, 0.25) is 5.91 Å². The molecule has 0 aliphatic heterocycles. The van der Waals surface area contributed by atoms with Gasteiger partial charge in [0.25, 0.3) is 5.91 Å². The quantitative estimate of drug-likeness (QED) is 0.725. The molecule has 0 fully saturated rings. The molecule has 0 saturated heterocycles. The Morgan fingerprint density at radius 1 is 1.07 bits per heavy atom. The lowest BCUT2D eigenvalue weighted by Crippen LogP contribution is -2.43. The summed E-state index contributed by atoms with van der Waals surface area (Å²) in [6, 6.07) is 15.3. The van der Waals surface area contributed by atoms with Gasteiger partial charge in [-0.3, -0.25) is 14.6 Å². The largest absolute Gasteiger partial charge is 0.368 e. The molecule has 0 radical (unpaired) electrons. The van der Waals surface area contributed by atoms with E-state index in [4.69, 9.17) is 5.73 Å². The van der Waals surface area contributed by atoms with E-state index in [-0.39, 0.29) is 11.7 Å². The fraction of sp³-hybridized carbons (Fsp3) is 0.174. The molecule has 0 spiro atoms. The molecule has 2 aromatic carbocycles. The molecular formula is C23H20FN3O2. The Bertz CT molecular complexity index is 1040. The van der Waals surface area contributed by atoms with E-state index in [1.165, 1.54) is 17.2 Å². The second kappa shape index (κ2) is 7.83. The number of aryl methyl sites for hydroxylation is 1. The van der Waals surface area contributed by atoms with E-state index in [9.17, 15) is 14.0 Å². The van der Waals surface area contributed by atoms with E-state index in [0.29, 0.717) is 29.5 Å². The van der Waals surface area contributed by atoms with Gasteiger partial charge in [0.05, 0.1) is 6.04 Å². The van der Waals surface area contributed by atoms with Crippen LogP contribution < -0.4 is 5.73 Å². The number of hydrogen-bond acceptors (Lipinski definition) is 3. The zero-order valence-electron chi connectivity index (χ0n) is 15.7. The summed E-state index contributed by atoms with van der Waals surface area (Å²) < 4.78 is 14.8. The summed E-state index contributed by atoms with van der Waals surface area (Å²) in [6.07, 6.45) is 4.22. The number of amides is 2. The lowest BCUT2D eigenvalue weighted by atomic mass is 9.98. The third-order valence-electron chi connectivity index (χ3n) is 5.30. The zero-order chi connectivity index (χ0) is 20.4. The Balaban J connectivity index is 1.87. The molecule has 2 amide bonds. The van der Waals surface area contributed by atoms with Gasteiger partial charge in [-0.1, -0.05) is 36.4 Å². The molecule has 2 N–H and O–H groups in total. The van der Waals surface area contributed by atoms with Crippen LogP contribution in [0.1, 0.15) is 45.6 Å². The van der Waals surface area contributed by atoms with Crippen LogP contribution in [0, 0.1) is 5.82 Å². The minimum absolute atomic E-state index is 0.376. The van der Waals surface area contributed by atoms with Gasteiger partial charge in [-0.2, -0.15) is 0 Å². The molecule has 0 saturated carbocycles. The minimum atomic E-state index is -1.06. The van der Waals surface area contributed by atoms with Gasteiger partial charge in [0.1, 0.15) is 11.9 Å². The first-order chi connectivity index (χ1) is 14.1. The number of rotatable bonds is 5. The average molecular weight is 389 g/mol. The number of carbonyl (C=O) groups is 2. The monoisotopic (exact) mass is 389 g/mol. The van der Waals surface area contributed by atoms with E-state index in [0.717, 1.165) is 5.56 Å². The second-order valence-electron chi connectivity index (χ2n) is 7.04. The number of pyridine rings is 1. The molecule has 3 aromatic rings. The molecule has 29 heavy (non-hydrogen) atoms. The molecule has 4 rings (SSSR count).